The van der Waals surface area contributed by atoms with Crippen molar-refractivity contribution < 1.29 is 37.0 Å². The normalized spacial score (nSPS) is 16.9. The number of aliphatic hydroxyl groups is 1. The van der Waals surface area contributed by atoms with Gasteiger partial charge in [-0.2, -0.15) is 18.1 Å². The highest BCUT2D eigenvalue weighted by Gasteiger charge is 2.52. The van der Waals surface area contributed by atoms with Gasteiger partial charge in [0.1, 0.15) is 14.6 Å². The summed E-state index contributed by atoms with van der Waals surface area (Å²) in [4.78, 5) is 17.6. The molecule has 0 bridgehead atoms. The summed E-state index contributed by atoms with van der Waals surface area (Å²) in [7, 11) is -4.99. The Hall–Kier alpha value is -0.650. The summed E-state index contributed by atoms with van der Waals surface area (Å²) in [6.45, 7) is 0. The quantitative estimate of drug-likeness (QED) is 0.591. The van der Waals surface area contributed by atoms with Gasteiger partial charge < -0.3 is 10.00 Å². The molecule has 0 aliphatic heterocycles. The van der Waals surface area contributed by atoms with Crippen LogP contribution in [0.2, 0.25) is 0 Å². The first-order valence-electron chi connectivity index (χ1n) is 4.30. The van der Waals surface area contributed by atoms with Crippen molar-refractivity contribution in [1.82, 2.24) is 0 Å². The van der Waals surface area contributed by atoms with E-state index in [4.69, 9.17) is 9.79 Å². The Morgan fingerprint density at radius 3 is 2.17 bits per heavy atom. The highest BCUT2D eigenvalue weighted by Crippen LogP contribution is 2.53. The fourth-order valence-corrected chi connectivity index (χ4v) is 2.23. The zero-order valence-electron chi connectivity index (χ0n) is 8.44. The summed E-state index contributed by atoms with van der Waals surface area (Å²) < 4.78 is 61.0. The molecule has 10 heteroatoms. The van der Waals surface area contributed by atoms with Crippen molar-refractivity contribution in [3.63, 3.8) is 0 Å². The maximum atomic E-state index is 13.4. The number of rotatable bonds is 3. The van der Waals surface area contributed by atoms with E-state index in [-0.39, 0.29) is 6.07 Å². The Morgan fingerprint density at radius 2 is 1.83 bits per heavy atom. The Bertz CT molecular complexity index is 479. The molecule has 4 nitrogen and oxygen atoms in total. The van der Waals surface area contributed by atoms with Crippen LogP contribution in [0.1, 0.15) is 11.1 Å². The molecule has 1 aromatic rings. The minimum absolute atomic E-state index is 0.0826. The summed E-state index contributed by atoms with van der Waals surface area (Å²) in [6, 6.07) is 1.05. The van der Waals surface area contributed by atoms with E-state index in [0.29, 0.717) is 12.1 Å². The van der Waals surface area contributed by atoms with E-state index in [2.05, 4.69) is 0 Å². The van der Waals surface area contributed by atoms with Crippen LogP contribution in [-0.2, 0) is 15.8 Å². The monoisotopic (exact) mass is 305 g/mol. The molecule has 3 unspecified atom stereocenters. The van der Waals surface area contributed by atoms with Crippen molar-refractivity contribution >= 4 is 16.8 Å². The average molecular weight is 305 g/mol. The fraction of sp³-hybridized carbons (Fsp3) is 0.250. The van der Waals surface area contributed by atoms with Crippen LogP contribution in [0.4, 0.5) is 17.6 Å². The summed E-state index contributed by atoms with van der Waals surface area (Å²) >= 11 is 0. The van der Waals surface area contributed by atoms with Crippen molar-refractivity contribution in [1.29, 1.82) is 0 Å². The van der Waals surface area contributed by atoms with Gasteiger partial charge in [0.15, 0.2) is 0 Å². The van der Waals surface area contributed by atoms with Crippen molar-refractivity contribution in [2.24, 2.45) is 0 Å². The van der Waals surface area contributed by atoms with E-state index in [1.54, 1.807) is 0 Å². The number of halogens is 4. The first kappa shape index (κ1) is 15.4. The lowest BCUT2D eigenvalue weighted by Crippen LogP contribution is -2.17. The van der Waals surface area contributed by atoms with Gasteiger partial charge in [-0.25, -0.2) is 4.39 Å². The van der Waals surface area contributed by atoms with Crippen LogP contribution in [0.5, 0.6) is 0 Å². The van der Waals surface area contributed by atoms with E-state index < -0.39 is 45.0 Å². The van der Waals surface area contributed by atoms with Crippen molar-refractivity contribution in [2.75, 3.05) is 0 Å². The summed E-state index contributed by atoms with van der Waals surface area (Å²) in [5, 5.41) is 6.75. The minimum Gasteiger partial charge on any atom is -0.369 e. The van der Waals surface area contributed by atoms with Crippen LogP contribution >= 0.6 is 16.8 Å². The van der Waals surface area contributed by atoms with Crippen LogP contribution in [0.3, 0.4) is 0 Å². The van der Waals surface area contributed by atoms with Crippen molar-refractivity contribution in [2.45, 2.75) is 11.3 Å². The highest BCUT2D eigenvalue weighted by molar-refractivity contribution is 7.55. The molecule has 3 atom stereocenters. The molecule has 18 heavy (non-hydrogen) atoms. The Balaban J connectivity index is 3.33. The first-order chi connectivity index (χ1) is 8.13. The molecule has 0 amide bonds. The highest BCUT2D eigenvalue weighted by atomic mass is 31.2. The van der Waals surface area contributed by atoms with Crippen LogP contribution in [0, 0.1) is 5.82 Å². The van der Waals surface area contributed by atoms with Gasteiger partial charge in [0.25, 0.3) is 0 Å². The molecular weight excluding hydrogens is 298 g/mol. The Kier molecular flexibility index (Phi) is 4.41. The third-order valence-electron chi connectivity index (χ3n) is 2.10. The van der Waals surface area contributed by atoms with Crippen LogP contribution in [0.25, 0.3) is 0 Å². The SMILES string of the molecule is O=[P+](O)C(O)(PO)c1ccc(C(F)(F)F)cc1F. The molecule has 0 spiro atoms. The summed E-state index contributed by atoms with van der Waals surface area (Å²) in [5.41, 5.74) is -2.17. The second-order valence-corrected chi connectivity index (χ2v) is 5.81. The molecule has 0 heterocycles. The molecule has 0 aromatic heterocycles. The van der Waals surface area contributed by atoms with Gasteiger partial charge in [0, 0.05) is 0 Å². The van der Waals surface area contributed by atoms with Gasteiger partial charge in [-0.3, -0.25) is 0 Å². The fourth-order valence-electron chi connectivity index (χ4n) is 1.18. The van der Waals surface area contributed by atoms with E-state index in [1.165, 1.54) is 0 Å². The molecule has 0 saturated carbocycles. The molecule has 100 valence electrons. The van der Waals surface area contributed by atoms with Gasteiger partial charge in [-0.1, -0.05) is 0 Å². The molecule has 0 fully saturated rings. The zero-order chi connectivity index (χ0) is 14.1. The molecule has 1 aromatic carbocycles. The van der Waals surface area contributed by atoms with E-state index in [0.717, 1.165) is 0 Å². The lowest BCUT2D eigenvalue weighted by Gasteiger charge is -2.14. The summed E-state index contributed by atoms with van der Waals surface area (Å²) in [5.74, 6) is -1.52. The molecular formula is C8H7F4O4P2+. The van der Waals surface area contributed by atoms with Gasteiger partial charge in [-0.05, 0) is 22.8 Å². The first-order valence-corrected chi connectivity index (χ1v) is 6.46. The molecule has 0 aliphatic carbocycles. The molecule has 0 radical (unpaired) electrons. The van der Waals surface area contributed by atoms with Gasteiger partial charge >= 0.3 is 19.3 Å². The van der Waals surface area contributed by atoms with E-state index >= 15 is 0 Å². The second kappa shape index (κ2) is 5.15. The number of hydrogen-bond donors (Lipinski definition) is 3. The average Bonchev–Trinajstić information content (AvgIpc) is 2.26. The Labute approximate surface area is 101 Å². The maximum absolute atomic E-state index is 13.4. The predicted molar refractivity (Wildman–Crippen MR) is 55.7 cm³/mol. The predicted octanol–water partition coefficient (Wildman–Crippen LogP) is 2.27. The van der Waals surface area contributed by atoms with Crippen LogP contribution < -0.4 is 0 Å². The van der Waals surface area contributed by atoms with Gasteiger partial charge in [-0.15, -0.1) is 0 Å². The number of hydrogen-bond acceptors (Lipinski definition) is 3. The van der Waals surface area contributed by atoms with Crippen LogP contribution in [-0.4, -0.2) is 14.9 Å². The standard InChI is InChI=1S/C8H6F4O4P2/c9-6-3-4(7(10,11)12)1-2-5(6)8(13,17-14)18(15)16/h1-3,13-14,17H/p+1. The topological polar surface area (TPSA) is 77.8 Å². The molecule has 3 N–H and O–H groups in total. The lowest BCUT2D eigenvalue weighted by molar-refractivity contribution is -0.137. The van der Waals surface area contributed by atoms with Gasteiger partial charge in [0.2, 0.25) is 0 Å². The zero-order valence-corrected chi connectivity index (χ0v) is 10.3. The van der Waals surface area contributed by atoms with Crippen molar-refractivity contribution in [3.05, 3.63) is 35.1 Å². The molecule has 1 rings (SSSR count). The molecule has 0 saturated heterocycles. The number of benzene rings is 1. The van der Waals surface area contributed by atoms with E-state index in [9.17, 15) is 27.2 Å². The Morgan fingerprint density at radius 1 is 1.28 bits per heavy atom. The third-order valence-corrected chi connectivity index (χ3v) is 4.35. The maximum Gasteiger partial charge on any atom is 0.553 e. The van der Waals surface area contributed by atoms with Crippen molar-refractivity contribution in [3.8, 4) is 0 Å². The minimum atomic E-state index is -4.78. The van der Waals surface area contributed by atoms with Crippen LogP contribution in [0.15, 0.2) is 18.2 Å². The van der Waals surface area contributed by atoms with Gasteiger partial charge in [0.05, 0.1) is 11.1 Å². The molecule has 0 aliphatic rings. The third kappa shape index (κ3) is 2.84. The largest absolute Gasteiger partial charge is 0.553 e. The lowest BCUT2D eigenvalue weighted by atomic mass is 10.1. The second-order valence-electron chi connectivity index (χ2n) is 3.25. The number of alkyl halides is 3. The van der Waals surface area contributed by atoms with E-state index in [1.807, 2.05) is 0 Å². The smallest absolute Gasteiger partial charge is 0.369 e. The summed E-state index contributed by atoms with van der Waals surface area (Å²) in [6.07, 6.45) is -4.78.